The summed E-state index contributed by atoms with van der Waals surface area (Å²) in [7, 11) is 0. The molecule has 0 spiro atoms. The van der Waals surface area contributed by atoms with Crippen LogP contribution in [-0.2, 0) is 0 Å². The van der Waals surface area contributed by atoms with Gasteiger partial charge in [-0.3, -0.25) is 4.40 Å². The second-order valence-electron chi connectivity index (χ2n) is 7.75. The van der Waals surface area contributed by atoms with Crippen molar-refractivity contribution in [1.29, 1.82) is 0 Å². The summed E-state index contributed by atoms with van der Waals surface area (Å²) >= 11 is 1.83. The highest BCUT2D eigenvalue weighted by Gasteiger charge is 2.35. The van der Waals surface area contributed by atoms with E-state index in [4.69, 9.17) is 0 Å². The first-order valence-electron chi connectivity index (χ1n) is 8.16. The fourth-order valence-corrected chi connectivity index (χ4v) is 5.32. The summed E-state index contributed by atoms with van der Waals surface area (Å²) in [5.74, 6) is 1.36. The Morgan fingerprint density at radius 2 is 2.24 bits per heavy atom. The van der Waals surface area contributed by atoms with Crippen molar-refractivity contribution in [3.8, 4) is 0 Å². The molecule has 4 rings (SSSR count). The van der Waals surface area contributed by atoms with Gasteiger partial charge in [-0.05, 0) is 55.8 Å². The first-order chi connectivity index (χ1) is 10.0. The third-order valence-electron chi connectivity index (χ3n) is 5.22. The zero-order valence-electron chi connectivity index (χ0n) is 12.9. The second-order valence-corrected chi connectivity index (χ2v) is 8.81. The Morgan fingerprint density at radius 3 is 2.90 bits per heavy atom. The Hall–Kier alpha value is -0.870. The van der Waals surface area contributed by atoms with Crippen molar-refractivity contribution >= 4 is 16.2 Å². The molecule has 0 saturated heterocycles. The molecular formula is C17H24N2OS. The zero-order chi connectivity index (χ0) is 14.6. The molecule has 2 aliphatic carbocycles. The first kappa shape index (κ1) is 13.8. The van der Waals surface area contributed by atoms with Gasteiger partial charge in [-0.15, -0.1) is 11.3 Å². The number of rotatable bonds is 4. The molecule has 1 N–H and O–H groups in total. The molecule has 0 amide bonds. The molecular weight excluding hydrogens is 280 g/mol. The fourth-order valence-electron chi connectivity index (χ4n) is 3.99. The van der Waals surface area contributed by atoms with Crippen LogP contribution in [0, 0.1) is 11.3 Å². The summed E-state index contributed by atoms with van der Waals surface area (Å²) in [4.78, 5) is 6.83. The highest BCUT2D eigenvalue weighted by atomic mass is 32.1. The zero-order valence-corrected chi connectivity index (χ0v) is 13.7. The van der Waals surface area contributed by atoms with Gasteiger partial charge in [0.25, 0.3) is 0 Å². The van der Waals surface area contributed by atoms with Crippen LogP contribution in [0.15, 0.2) is 12.5 Å². The topological polar surface area (TPSA) is 37.5 Å². The standard InChI is InChI=1S/C17H24N2OS/c1-17(2)6-5-11(8-17)7-13(20)15-16(12-3-4-12)21-14-9-18-10-19(14)15/h9-13,20H,3-8H2,1-2H3. The van der Waals surface area contributed by atoms with E-state index in [-0.39, 0.29) is 6.10 Å². The highest BCUT2D eigenvalue weighted by Crippen LogP contribution is 2.49. The Bertz CT molecular complexity index is 653. The van der Waals surface area contributed by atoms with E-state index < -0.39 is 0 Å². The van der Waals surface area contributed by atoms with Crippen LogP contribution in [0.4, 0.5) is 0 Å². The molecule has 2 unspecified atom stereocenters. The maximum absolute atomic E-state index is 10.9. The summed E-state index contributed by atoms with van der Waals surface area (Å²) in [6, 6.07) is 0. The molecule has 0 bridgehead atoms. The predicted molar refractivity (Wildman–Crippen MR) is 85.7 cm³/mol. The number of aliphatic hydroxyl groups is 1. The van der Waals surface area contributed by atoms with Crippen LogP contribution in [-0.4, -0.2) is 14.5 Å². The van der Waals surface area contributed by atoms with Gasteiger partial charge in [0, 0.05) is 4.88 Å². The molecule has 0 radical (unpaired) electrons. The quantitative estimate of drug-likeness (QED) is 0.901. The molecule has 2 heterocycles. The number of aromatic nitrogens is 2. The highest BCUT2D eigenvalue weighted by molar-refractivity contribution is 7.17. The molecule has 2 atom stereocenters. The Balaban J connectivity index is 1.60. The van der Waals surface area contributed by atoms with E-state index in [2.05, 4.69) is 23.2 Å². The predicted octanol–water partition coefficient (Wildman–Crippen LogP) is 4.52. The van der Waals surface area contributed by atoms with E-state index in [1.807, 2.05) is 23.9 Å². The molecule has 3 nitrogen and oxygen atoms in total. The number of nitrogens with zero attached hydrogens (tertiary/aromatic N) is 2. The summed E-state index contributed by atoms with van der Waals surface area (Å²) in [5, 5.41) is 10.9. The van der Waals surface area contributed by atoms with Gasteiger partial charge < -0.3 is 5.11 Å². The van der Waals surface area contributed by atoms with Gasteiger partial charge in [0.15, 0.2) is 0 Å². The molecule has 4 heteroatoms. The van der Waals surface area contributed by atoms with Crippen molar-refractivity contribution in [2.45, 2.75) is 64.4 Å². The van der Waals surface area contributed by atoms with Gasteiger partial charge in [0.1, 0.15) is 11.2 Å². The summed E-state index contributed by atoms with van der Waals surface area (Å²) in [6.45, 7) is 4.71. The van der Waals surface area contributed by atoms with Crippen molar-refractivity contribution in [3.05, 3.63) is 23.1 Å². The van der Waals surface area contributed by atoms with Crippen LogP contribution in [0.3, 0.4) is 0 Å². The average molecular weight is 304 g/mol. The number of thiazole rings is 1. The van der Waals surface area contributed by atoms with Crippen LogP contribution in [0.2, 0.25) is 0 Å². The van der Waals surface area contributed by atoms with Crippen molar-refractivity contribution in [3.63, 3.8) is 0 Å². The Labute approximate surface area is 130 Å². The molecule has 2 fully saturated rings. The summed E-state index contributed by atoms with van der Waals surface area (Å²) in [6.07, 6.45) is 10.8. The number of imidazole rings is 1. The largest absolute Gasteiger partial charge is 0.387 e. The number of fused-ring (bicyclic) bond motifs is 1. The molecule has 21 heavy (non-hydrogen) atoms. The minimum atomic E-state index is -0.331. The van der Waals surface area contributed by atoms with Crippen LogP contribution in [0.1, 0.15) is 75.0 Å². The van der Waals surface area contributed by atoms with Gasteiger partial charge in [-0.25, -0.2) is 4.98 Å². The van der Waals surface area contributed by atoms with Crippen LogP contribution in [0.25, 0.3) is 4.83 Å². The van der Waals surface area contributed by atoms with Crippen LogP contribution in [0.5, 0.6) is 0 Å². The molecule has 2 aromatic heterocycles. The molecule has 2 aliphatic rings. The lowest BCUT2D eigenvalue weighted by Crippen LogP contribution is -2.10. The van der Waals surface area contributed by atoms with Crippen molar-refractivity contribution in [1.82, 2.24) is 9.38 Å². The first-order valence-corrected chi connectivity index (χ1v) is 8.98. The van der Waals surface area contributed by atoms with Crippen LogP contribution >= 0.6 is 11.3 Å². The lowest BCUT2D eigenvalue weighted by Gasteiger charge is -2.19. The monoisotopic (exact) mass is 304 g/mol. The Morgan fingerprint density at radius 1 is 1.43 bits per heavy atom. The number of hydrogen-bond acceptors (Lipinski definition) is 3. The molecule has 0 aromatic carbocycles. The third-order valence-corrected chi connectivity index (χ3v) is 6.50. The lowest BCUT2D eigenvalue weighted by molar-refractivity contribution is 0.136. The van der Waals surface area contributed by atoms with E-state index in [1.54, 1.807) is 0 Å². The second kappa shape index (κ2) is 4.82. The summed E-state index contributed by atoms with van der Waals surface area (Å²) < 4.78 is 2.13. The average Bonchev–Trinajstić information content (AvgIpc) is 2.90. The van der Waals surface area contributed by atoms with E-state index in [0.29, 0.717) is 17.3 Å². The van der Waals surface area contributed by atoms with Crippen molar-refractivity contribution < 1.29 is 5.11 Å². The maximum Gasteiger partial charge on any atom is 0.120 e. The van der Waals surface area contributed by atoms with Gasteiger partial charge in [0.2, 0.25) is 0 Å². The van der Waals surface area contributed by atoms with Gasteiger partial charge >= 0.3 is 0 Å². The lowest BCUT2D eigenvalue weighted by atomic mass is 9.89. The van der Waals surface area contributed by atoms with E-state index >= 15 is 0 Å². The van der Waals surface area contributed by atoms with Gasteiger partial charge in [-0.1, -0.05) is 13.8 Å². The number of aliphatic hydroxyl groups excluding tert-OH is 1. The molecule has 114 valence electrons. The fraction of sp³-hybridized carbons (Fsp3) is 0.706. The van der Waals surface area contributed by atoms with E-state index in [1.165, 1.54) is 41.8 Å². The molecule has 2 saturated carbocycles. The molecule has 2 aromatic rings. The van der Waals surface area contributed by atoms with Crippen molar-refractivity contribution in [2.75, 3.05) is 0 Å². The summed E-state index contributed by atoms with van der Waals surface area (Å²) in [5.41, 5.74) is 1.60. The minimum absolute atomic E-state index is 0.331. The minimum Gasteiger partial charge on any atom is -0.387 e. The number of hydrogen-bond donors (Lipinski definition) is 1. The maximum atomic E-state index is 10.9. The normalized spacial score (nSPS) is 26.5. The van der Waals surface area contributed by atoms with E-state index in [0.717, 1.165) is 12.1 Å². The Kier molecular flexibility index (Phi) is 3.16. The van der Waals surface area contributed by atoms with Gasteiger partial charge in [0.05, 0.1) is 18.0 Å². The smallest absolute Gasteiger partial charge is 0.120 e. The van der Waals surface area contributed by atoms with Crippen molar-refractivity contribution in [2.24, 2.45) is 11.3 Å². The van der Waals surface area contributed by atoms with Crippen LogP contribution < -0.4 is 0 Å². The molecule has 0 aliphatic heterocycles. The SMILES string of the molecule is CC1(C)CCC(CC(O)c2c(C3CC3)sc3cncn23)C1. The van der Waals surface area contributed by atoms with Gasteiger partial charge in [-0.2, -0.15) is 0 Å². The van der Waals surface area contributed by atoms with E-state index in [9.17, 15) is 5.11 Å². The third kappa shape index (κ3) is 2.53.